The van der Waals surface area contributed by atoms with Gasteiger partial charge in [-0.05, 0) is 41.3 Å². The molecule has 0 aliphatic rings. The lowest BCUT2D eigenvalue weighted by Gasteiger charge is -2.09. The fourth-order valence-electron chi connectivity index (χ4n) is 2.80. The van der Waals surface area contributed by atoms with Crippen LogP contribution in [0, 0.1) is 0 Å². The summed E-state index contributed by atoms with van der Waals surface area (Å²) in [7, 11) is 0. The van der Waals surface area contributed by atoms with Crippen LogP contribution in [0.2, 0.25) is 0 Å². The maximum absolute atomic E-state index is 11.9. The molecule has 3 aromatic carbocycles. The van der Waals surface area contributed by atoms with Gasteiger partial charge in [0.2, 0.25) is 0 Å². The van der Waals surface area contributed by atoms with Crippen molar-refractivity contribution in [1.82, 2.24) is 5.32 Å². The van der Waals surface area contributed by atoms with E-state index in [1.54, 1.807) is 0 Å². The molecule has 0 radical (unpaired) electrons. The Morgan fingerprint density at radius 3 is 2.48 bits per heavy atom. The maximum Gasteiger partial charge on any atom is 0.257 e. The van der Waals surface area contributed by atoms with Crippen molar-refractivity contribution in [2.45, 2.75) is 12.8 Å². The van der Waals surface area contributed by atoms with Crippen LogP contribution in [0.4, 0.5) is 0 Å². The lowest BCUT2D eigenvalue weighted by molar-refractivity contribution is -0.123. The molecule has 140 valence electrons. The Hall–Kier alpha value is -2.85. The lowest BCUT2D eigenvalue weighted by atomic mass is 10.1. The van der Waals surface area contributed by atoms with Crippen molar-refractivity contribution in [2.75, 3.05) is 26.4 Å². The fourth-order valence-corrected chi connectivity index (χ4v) is 2.80. The normalized spacial score (nSPS) is 10.7. The fraction of sp³-hybridized carbons (Fsp3) is 0.261. The van der Waals surface area contributed by atoms with Crippen LogP contribution in [-0.4, -0.2) is 32.3 Å². The molecule has 0 aliphatic carbocycles. The number of nitrogens with one attached hydrogen (secondary N) is 1. The van der Waals surface area contributed by atoms with Gasteiger partial charge in [0.25, 0.3) is 5.91 Å². The molecule has 0 saturated carbocycles. The van der Waals surface area contributed by atoms with Gasteiger partial charge in [0, 0.05) is 13.2 Å². The van der Waals surface area contributed by atoms with E-state index in [1.165, 1.54) is 5.56 Å². The van der Waals surface area contributed by atoms with Gasteiger partial charge >= 0.3 is 0 Å². The molecule has 0 atom stereocenters. The highest BCUT2D eigenvalue weighted by atomic mass is 16.5. The number of rotatable bonds is 10. The van der Waals surface area contributed by atoms with Gasteiger partial charge in [-0.3, -0.25) is 4.79 Å². The smallest absolute Gasteiger partial charge is 0.257 e. The molecule has 27 heavy (non-hydrogen) atoms. The van der Waals surface area contributed by atoms with Crippen LogP contribution >= 0.6 is 0 Å². The number of hydrogen-bond donors (Lipinski definition) is 1. The van der Waals surface area contributed by atoms with Crippen molar-refractivity contribution >= 4 is 16.7 Å². The van der Waals surface area contributed by atoms with Gasteiger partial charge in [-0.2, -0.15) is 0 Å². The zero-order valence-corrected chi connectivity index (χ0v) is 15.4. The largest absolute Gasteiger partial charge is 0.484 e. The predicted octanol–water partition coefficient (Wildman–Crippen LogP) is 3.98. The van der Waals surface area contributed by atoms with E-state index in [4.69, 9.17) is 9.47 Å². The van der Waals surface area contributed by atoms with E-state index in [2.05, 4.69) is 17.4 Å². The van der Waals surface area contributed by atoms with Crippen LogP contribution in [0.15, 0.2) is 72.8 Å². The number of benzene rings is 3. The van der Waals surface area contributed by atoms with Crippen molar-refractivity contribution in [3.8, 4) is 5.75 Å². The molecular formula is C23H25NO3. The molecule has 0 saturated heterocycles. The van der Waals surface area contributed by atoms with Crippen LogP contribution in [-0.2, 0) is 16.0 Å². The number of hydrogen-bond acceptors (Lipinski definition) is 3. The molecule has 1 N–H and O–H groups in total. The Balaban J connectivity index is 1.26. The van der Waals surface area contributed by atoms with E-state index in [0.29, 0.717) is 25.5 Å². The number of ether oxygens (including phenoxy) is 2. The number of carbonyl (C=O) groups excluding carboxylic acids is 1. The number of fused-ring (bicyclic) bond motifs is 1. The molecule has 3 aromatic rings. The SMILES string of the molecule is O=C(COc1ccc2ccccc2c1)NCCCOCCc1ccccc1. The molecule has 0 bridgehead atoms. The molecular weight excluding hydrogens is 338 g/mol. The molecule has 0 spiro atoms. The molecule has 0 heterocycles. The first-order valence-corrected chi connectivity index (χ1v) is 9.31. The minimum atomic E-state index is -0.118. The third-order valence-corrected chi connectivity index (χ3v) is 4.26. The van der Waals surface area contributed by atoms with E-state index in [-0.39, 0.29) is 12.5 Å². The maximum atomic E-state index is 11.9. The van der Waals surface area contributed by atoms with Crippen LogP contribution in [0.5, 0.6) is 5.75 Å². The van der Waals surface area contributed by atoms with Gasteiger partial charge < -0.3 is 14.8 Å². The summed E-state index contributed by atoms with van der Waals surface area (Å²) < 4.78 is 11.2. The molecule has 3 rings (SSSR count). The van der Waals surface area contributed by atoms with Gasteiger partial charge in [-0.15, -0.1) is 0 Å². The molecule has 4 nitrogen and oxygen atoms in total. The molecule has 1 amide bonds. The van der Waals surface area contributed by atoms with Crippen LogP contribution in [0.1, 0.15) is 12.0 Å². The van der Waals surface area contributed by atoms with Gasteiger partial charge in [-0.1, -0.05) is 60.7 Å². The highest BCUT2D eigenvalue weighted by Gasteiger charge is 2.03. The van der Waals surface area contributed by atoms with Gasteiger partial charge in [0.15, 0.2) is 6.61 Å². The third kappa shape index (κ3) is 6.42. The number of amides is 1. The van der Waals surface area contributed by atoms with Crippen LogP contribution in [0.3, 0.4) is 0 Å². The van der Waals surface area contributed by atoms with Gasteiger partial charge in [0.05, 0.1) is 6.61 Å². The summed E-state index contributed by atoms with van der Waals surface area (Å²) in [5.41, 5.74) is 1.27. The van der Waals surface area contributed by atoms with Crippen LogP contribution in [0.25, 0.3) is 10.8 Å². The van der Waals surface area contributed by atoms with Crippen LogP contribution < -0.4 is 10.1 Å². The Morgan fingerprint density at radius 1 is 0.852 bits per heavy atom. The summed E-state index contributed by atoms with van der Waals surface area (Å²) in [5.74, 6) is 0.584. The van der Waals surface area contributed by atoms with Gasteiger partial charge in [0.1, 0.15) is 5.75 Å². The lowest BCUT2D eigenvalue weighted by Crippen LogP contribution is -2.30. The van der Waals surface area contributed by atoms with E-state index in [9.17, 15) is 4.79 Å². The van der Waals surface area contributed by atoms with Crippen molar-refractivity contribution in [3.05, 3.63) is 78.4 Å². The van der Waals surface area contributed by atoms with Crippen molar-refractivity contribution in [3.63, 3.8) is 0 Å². The predicted molar refractivity (Wildman–Crippen MR) is 108 cm³/mol. The second-order valence-electron chi connectivity index (χ2n) is 6.35. The summed E-state index contributed by atoms with van der Waals surface area (Å²) >= 11 is 0. The minimum absolute atomic E-state index is 0.0210. The van der Waals surface area contributed by atoms with Crippen molar-refractivity contribution in [1.29, 1.82) is 0 Å². The van der Waals surface area contributed by atoms with E-state index >= 15 is 0 Å². The van der Waals surface area contributed by atoms with E-state index < -0.39 is 0 Å². The highest BCUT2D eigenvalue weighted by Crippen LogP contribution is 2.20. The Bertz CT molecular complexity index is 848. The highest BCUT2D eigenvalue weighted by molar-refractivity contribution is 5.84. The first kappa shape index (κ1) is 18.9. The molecule has 0 unspecified atom stereocenters. The summed E-state index contributed by atoms with van der Waals surface area (Å²) in [6.45, 7) is 1.94. The third-order valence-electron chi connectivity index (χ3n) is 4.26. The Labute approximate surface area is 160 Å². The minimum Gasteiger partial charge on any atom is -0.484 e. The zero-order valence-electron chi connectivity index (χ0n) is 15.4. The topological polar surface area (TPSA) is 47.6 Å². The van der Waals surface area contributed by atoms with E-state index in [1.807, 2.05) is 60.7 Å². The number of carbonyl (C=O) groups is 1. The van der Waals surface area contributed by atoms with Gasteiger partial charge in [-0.25, -0.2) is 0 Å². The Kier molecular flexibility index (Phi) is 7.25. The quantitative estimate of drug-likeness (QED) is 0.554. The summed E-state index contributed by atoms with van der Waals surface area (Å²) in [4.78, 5) is 11.9. The molecule has 4 heteroatoms. The first-order chi connectivity index (χ1) is 13.3. The van der Waals surface area contributed by atoms with Crippen molar-refractivity contribution < 1.29 is 14.3 Å². The zero-order chi connectivity index (χ0) is 18.7. The first-order valence-electron chi connectivity index (χ1n) is 9.31. The molecule has 0 aromatic heterocycles. The summed E-state index contributed by atoms with van der Waals surface area (Å²) in [5, 5.41) is 5.11. The monoisotopic (exact) mass is 363 g/mol. The second-order valence-corrected chi connectivity index (χ2v) is 6.35. The summed E-state index contributed by atoms with van der Waals surface area (Å²) in [6, 6.07) is 24.2. The standard InChI is InChI=1S/C23H25NO3/c25-23(18-27-22-12-11-20-9-4-5-10-21(20)17-22)24-14-6-15-26-16-13-19-7-2-1-3-8-19/h1-5,7-12,17H,6,13-16,18H2,(H,24,25). The molecule has 0 aliphatic heterocycles. The Morgan fingerprint density at radius 2 is 1.63 bits per heavy atom. The summed E-state index contributed by atoms with van der Waals surface area (Å²) in [6.07, 6.45) is 1.70. The van der Waals surface area contributed by atoms with E-state index in [0.717, 1.165) is 23.6 Å². The van der Waals surface area contributed by atoms with Crippen molar-refractivity contribution in [2.24, 2.45) is 0 Å². The average molecular weight is 363 g/mol. The second kappa shape index (κ2) is 10.3. The molecule has 0 fully saturated rings. The average Bonchev–Trinajstić information content (AvgIpc) is 2.72.